The summed E-state index contributed by atoms with van der Waals surface area (Å²) in [6, 6.07) is 10.8. The summed E-state index contributed by atoms with van der Waals surface area (Å²) in [4.78, 5) is 0. The van der Waals surface area contributed by atoms with Crippen LogP contribution < -0.4 is 5.32 Å². The number of rotatable bonds is 7. The molecule has 1 aromatic rings. The van der Waals surface area contributed by atoms with E-state index < -0.39 is 5.60 Å². The average molecular weight is 295 g/mol. The average Bonchev–Trinajstić information content (AvgIpc) is 2.34. The molecule has 0 heterocycles. The first-order valence-electron chi connectivity index (χ1n) is 7.23. The zero-order valence-electron chi connectivity index (χ0n) is 13.4. The van der Waals surface area contributed by atoms with Crippen LogP contribution in [0.3, 0.4) is 0 Å². The van der Waals surface area contributed by atoms with Crippen molar-refractivity contribution in [3.8, 4) is 0 Å². The summed E-state index contributed by atoms with van der Waals surface area (Å²) in [5.74, 6) is 0.747. The second-order valence-corrected chi connectivity index (χ2v) is 7.90. The number of benzene rings is 1. The molecule has 20 heavy (non-hydrogen) atoms. The third-order valence-electron chi connectivity index (χ3n) is 3.20. The van der Waals surface area contributed by atoms with E-state index in [9.17, 15) is 5.11 Å². The predicted octanol–water partition coefficient (Wildman–Crippen LogP) is 3.87. The molecular formula is C17H29NOS. The number of thioether (sulfide) groups is 1. The predicted molar refractivity (Wildman–Crippen MR) is 90.3 cm³/mol. The Morgan fingerprint density at radius 1 is 1.15 bits per heavy atom. The van der Waals surface area contributed by atoms with Crippen LogP contribution in [0.5, 0.6) is 0 Å². The summed E-state index contributed by atoms with van der Waals surface area (Å²) in [6.07, 6.45) is 3.07. The molecule has 0 spiro atoms. The molecular weight excluding hydrogens is 266 g/mol. The summed E-state index contributed by atoms with van der Waals surface area (Å²) in [5, 5.41) is 13.9. The minimum absolute atomic E-state index is 0.249. The summed E-state index contributed by atoms with van der Waals surface area (Å²) in [6.45, 7) is 9.28. The number of hydrogen-bond acceptors (Lipinski definition) is 3. The molecule has 0 aliphatic rings. The molecule has 2 unspecified atom stereocenters. The van der Waals surface area contributed by atoms with Crippen LogP contribution in [0, 0.1) is 5.41 Å². The maximum Gasteiger partial charge on any atom is 0.0833 e. The number of nitrogens with one attached hydrogen (secondary N) is 1. The molecule has 2 nitrogen and oxygen atoms in total. The number of aliphatic hydroxyl groups is 1. The Morgan fingerprint density at radius 2 is 1.75 bits per heavy atom. The fourth-order valence-corrected chi connectivity index (χ4v) is 3.03. The minimum atomic E-state index is -0.662. The third kappa shape index (κ3) is 6.78. The maximum absolute atomic E-state index is 10.3. The summed E-state index contributed by atoms with van der Waals surface area (Å²) >= 11 is 1.68. The van der Waals surface area contributed by atoms with Crippen LogP contribution in [0.15, 0.2) is 30.3 Å². The van der Waals surface area contributed by atoms with Gasteiger partial charge in [0.1, 0.15) is 0 Å². The van der Waals surface area contributed by atoms with Gasteiger partial charge < -0.3 is 10.4 Å². The Hall–Kier alpha value is -0.510. The van der Waals surface area contributed by atoms with Gasteiger partial charge in [-0.2, -0.15) is 11.8 Å². The lowest BCUT2D eigenvalue weighted by molar-refractivity contribution is 0.0791. The lowest BCUT2D eigenvalue weighted by Crippen LogP contribution is -2.42. The smallest absolute Gasteiger partial charge is 0.0833 e. The van der Waals surface area contributed by atoms with Gasteiger partial charge in [0, 0.05) is 18.3 Å². The Kier molecular flexibility index (Phi) is 6.56. The fraction of sp³-hybridized carbons (Fsp3) is 0.647. The first kappa shape index (κ1) is 17.5. The molecule has 0 aliphatic carbocycles. The highest BCUT2D eigenvalue weighted by Crippen LogP contribution is 2.29. The van der Waals surface area contributed by atoms with Crippen molar-refractivity contribution in [2.24, 2.45) is 5.41 Å². The molecule has 3 heteroatoms. The molecule has 0 amide bonds. The number of hydrogen-bond donors (Lipinski definition) is 2. The van der Waals surface area contributed by atoms with E-state index in [1.54, 1.807) is 11.8 Å². The minimum Gasteiger partial charge on any atom is -0.388 e. The maximum atomic E-state index is 10.3. The molecule has 0 saturated carbocycles. The van der Waals surface area contributed by atoms with Crippen molar-refractivity contribution in [1.82, 2.24) is 5.32 Å². The van der Waals surface area contributed by atoms with Crippen molar-refractivity contribution in [2.75, 3.05) is 18.6 Å². The molecule has 1 aromatic carbocycles. The summed E-state index contributed by atoms with van der Waals surface area (Å²) in [5.41, 5.74) is 0.880. The van der Waals surface area contributed by atoms with Gasteiger partial charge in [-0.05, 0) is 30.6 Å². The van der Waals surface area contributed by atoms with Gasteiger partial charge in [-0.1, -0.05) is 51.1 Å². The molecule has 0 bridgehead atoms. The Balaban J connectivity index is 2.74. The second kappa shape index (κ2) is 7.48. The summed E-state index contributed by atoms with van der Waals surface area (Å²) < 4.78 is 0. The zero-order valence-corrected chi connectivity index (χ0v) is 14.3. The van der Waals surface area contributed by atoms with E-state index in [2.05, 4.69) is 50.4 Å². The van der Waals surface area contributed by atoms with E-state index in [1.165, 1.54) is 5.56 Å². The molecule has 2 atom stereocenters. The quantitative estimate of drug-likeness (QED) is 0.801. The molecule has 0 radical (unpaired) electrons. The van der Waals surface area contributed by atoms with Gasteiger partial charge in [0.15, 0.2) is 0 Å². The highest BCUT2D eigenvalue weighted by atomic mass is 32.2. The van der Waals surface area contributed by atoms with Crippen LogP contribution in [0.2, 0.25) is 0 Å². The van der Waals surface area contributed by atoms with Crippen LogP contribution in [0.4, 0.5) is 0 Å². The Labute approximate surface area is 128 Å². The molecule has 114 valence electrons. The van der Waals surface area contributed by atoms with E-state index in [0.29, 0.717) is 6.54 Å². The monoisotopic (exact) mass is 295 g/mol. The Morgan fingerprint density at radius 3 is 2.25 bits per heavy atom. The molecule has 0 fully saturated rings. The normalized spacial score (nSPS) is 16.7. The van der Waals surface area contributed by atoms with E-state index in [-0.39, 0.29) is 11.5 Å². The van der Waals surface area contributed by atoms with Gasteiger partial charge in [-0.25, -0.2) is 0 Å². The van der Waals surface area contributed by atoms with E-state index >= 15 is 0 Å². The molecule has 2 N–H and O–H groups in total. The fourth-order valence-electron chi connectivity index (χ4n) is 2.31. The molecule has 0 saturated heterocycles. The van der Waals surface area contributed by atoms with Crippen LogP contribution in [0.25, 0.3) is 0 Å². The van der Waals surface area contributed by atoms with Gasteiger partial charge in [-0.15, -0.1) is 0 Å². The largest absolute Gasteiger partial charge is 0.388 e. The zero-order chi connectivity index (χ0) is 15.2. The van der Waals surface area contributed by atoms with Gasteiger partial charge in [-0.3, -0.25) is 0 Å². The SMILES string of the molecule is CSCC(C)(O)CNC(CC(C)(C)C)c1ccccc1. The van der Waals surface area contributed by atoms with Crippen LogP contribution in [-0.2, 0) is 0 Å². The van der Waals surface area contributed by atoms with Gasteiger partial charge in [0.2, 0.25) is 0 Å². The molecule has 1 rings (SSSR count). The van der Waals surface area contributed by atoms with Gasteiger partial charge in [0.25, 0.3) is 0 Å². The van der Waals surface area contributed by atoms with E-state index in [4.69, 9.17) is 0 Å². The van der Waals surface area contributed by atoms with E-state index in [1.807, 2.05) is 19.2 Å². The van der Waals surface area contributed by atoms with Crippen molar-refractivity contribution >= 4 is 11.8 Å². The van der Waals surface area contributed by atoms with Crippen molar-refractivity contribution in [2.45, 2.75) is 45.8 Å². The lowest BCUT2D eigenvalue weighted by atomic mass is 9.85. The van der Waals surface area contributed by atoms with Crippen molar-refractivity contribution < 1.29 is 5.11 Å². The second-order valence-electron chi connectivity index (χ2n) is 7.04. The standard InChI is InChI=1S/C17H29NOS/c1-16(2,3)11-15(14-9-7-6-8-10-14)18-12-17(4,19)13-20-5/h6-10,15,18-19H,11-13H2,1-5H3. The van der Waals surface area contributed by atoms with Crippen molar-refractivity contribution in [3.05, 3.63) is 35.9 Å². The lowest BCUT2D eigenvalue weighted by Gasteiger charge is -2.31. The summed E-state index contributed by atoms with van der Waals surface area (Å²) in [7, 11) is 0. The van der Waals surface area contributed by atoms with Crippen LogP contribution >= 0.6 is 11.8 Å². The Bertz CT molecular complexity index is 384. The first-order valence-corrected chi connectivity index (χ1v) is 8.62. The topological polar surface area (TPSA) is 32.3 Å². The van der Waals surface area contributed by atoms with Crippen molar-refractivity contribution in [3.63, 3.8) is 0 Å². The van der Waals surface area contributed by atoms with Crippen LogP contribution in [0.1, 0.15) is 45.7 Å². The van der Waals surface area contributed by atoms with Crippen molar-refractivity contribution in [1.29, 1.82) is 0 Å². The van der Waals surface area contributed by atoms with Crippen LogP contribution in [-0.4, -0.2) is 29.3 Å². The van der Waals surface area contributed by atoms with E-state index in [0.717, 1.165) is 12.2 Å². The highest BCUT2D eigenvalue weighted by Gasteiger charge is 2.24. The first-order chi connectivity index (χ1) is 9.23. The highest BCUT2D eigenvalue weighted by molar-refractivity contribution is 7.98. The van der Waals surface area contributed by atoms with Gasteiger partial charge >= 0.3 is 0 Å². The molecule has 0 aromatic heterocycles. The third-order valence-corrected chi connectivity index (χ3v) is 4.11. The van der Waals surface area contributed by atoms with Gasteiger partial charge in [0.05, 0.1) is 5.60 Å². The molecule has 0 aliphatic heterocycles.